The summed E-state index contributed by atoms with van der Waals surface area (Å²) in [5.74, 6) is 0.384. The summed E-state index contributed by atoms with van der Waals surface area (Å²) in [7, 11) is 0. The number of hydrogen-bond acceptors (Lipinski definition) is 4. The van der Waals surface area contributed by atoms with Gasteiger partial charge in [0.05, 0.1) is 0 Å². The van der Waals surface area contributed by atoms with E-state index >= 15 is 0 Å². The average molecular weight is 421 g/mol. The van der Waals surface area contributed by atoms with Gasteiger partial charge in [-0.15, -0.1) is 0 Å². The molecule has 0 spiro atoms. The lowest BCUT2D eigenvalue weighted by atomic mass is 10.0. The summed E-state index contributed by atoms with van der Waals surface area (Å²) in [6.07, 6.45) is 1.90. The Balaban J connectivity index is 1.52. The highest BCUT2D eigenvalue weighted by atomic mass is 16.1. The number of nitrogens with one attached hydrogen (secondary N) is 2. The molecule has 0 bridgehead atoms. The molecule has 0 aliphatic rings. The number of rotatable bonds is 6. The molecule has 0 fully saturated rings. The number of benzene rings is 3. The van der Waals surface area contributed by atoms with Crippen LogP contribution in [0.2, 0.25) is 0 Å². The van der Waals surface area contributed by atoms with Crippen molar-refractivity contribution in [1.29, 1.82) is 0 Å². The van der Waals surface area contributed by atoms with Crippen molar-refractivity contribution < 1.29 is 4.79 Å². The molecule has 0 aliphatic carbocycles. The molecule has 5 nitrogen and oxygen atoms in total. The summed E-state index contributed by atoms with van der Waals surface area (Å²) >= 11 is 0. The fourth-order valence-corrected chi connectivity index (χ4v) is 3.36. The van der Waals surface area contributed by atoms with Crippen molar-refractivity contribution in [3.05, 3.63) is 114 Å². The normalized spacial score (nSPS) is 11.1. The largest absolute Gasteiger partial charge is 0.324 e. The number of nitrogens with zero attached hydrogens (tertiary/aromatic N) is 2. The van der Waals surface area contributed by atoms with E-state index in [2.05, 4.69) is 20.6 Å². The van der Waals surface area contributed by atoms with Gasteiger partial charge in [0, 0.05) is 28.3 Å². The van der Waals surface area contributed by atoms with E-state index in [-0.39, 0.29) is 5.91 Å². The molecule has 0 saturated carbocycles. The summed E-state index contributed by atoms with van der Waals surface area (Å²) < 4.78 is 0. The van der Waals surface area contributed by atoms with Gasteiger partial charge in [0.15, 0.2) is 0 Å². The molecule has 1 amide bonds. The molecule has 2 N–H and O–H groups in total. The van der Waals surface area contributed by atoms with Crippen LogP contribution in [0.5, 0.6) is 0 Å². The zero-order valence-corrected chi connectivity index (χ0v) is 18.0. The Labute approximate surface area is 187 Å². The third-order valence-corrected chi connectivity index (χ3v) is 4.82. The molecular formula is C27H24N4O. The second-order valence-corrected chi connectivity index (χ2v) is 7.47. The zero-order valence-electron chi connectivity index (χ0n) is 18.0. The predicted octanol–water partition coefficient (Wildman–Crippen LogP) is 6.02. The topological polar surface area (TPSA) is 66.9 Å². The minimum absolute atomic E-state index is 0.168. The molecule has 0 saturated heterocycles. The van der Waals surface area contributed by atoms with Crippen molar-refractivity contribution in [2.24, 2.45) is 0 Å². The molecule has 5 heteroatoms. The second-order valence-electron chi connectivity index (χ2n) is 7.47. The fourth-order valence-electron chi connectivity index (χ4n) is 3.36. The van der Waals surface area contributed by atoms with Gasteiger partial charge in [0.2, 0.25) is 5.95 Å². The maximum atomic E-state index is 13.2. The Hall–Kier alpha value is -4.25. The first-order valence-electron chi connectivity index (χ1n) is 10.4. The molecule has 0 atom stereocenters. The number of carbonyl (C=O) groups excluding carboxylic acids is 1. The van der Waals surface area contributed by atoms with Crippen LogP contribution in [0.15, 0.2) is 91.0 Å². The maximum absolute atomic E-state index is 13.2. The van der Waals surface area contributed by atoms with E-state index in [1.807, 2.05) is 111 Å². The molecule has 0 aliphatic heterocycles. The van der Waals surface area contributed by atoms with Gasteiger partial charge >= 0.3 is 0 Å². The number of aryl methyl sites for hydroxylation is 2. The first kappa shape index (κ1) is 21.0. The van der Waals surface area contributed by atoms with Gasteiger partial charge in [-0.05, 0) is 61.4 Å². The summed E-state index contributed by atoms with van der Waals surface area (Å²) in [4.78, 5) is 21.9. The first-order chi connectivity index (χ1) is 15.6. The predicted molar refractivity (Wildman–Crippen MR) is 131 cm³/mol. The molecule has 0 radical (unpaired) electrons. The molecule has 3 aromatic carbocycles. The van der Waals surface area contributed by atoms with E-state index in [9.17, 15) is 4.79 Å². The Morgan fingerprint density at radius 3 is 1.94 bits per heavy atom. The third-order valence-electron chi connectivity index (χ3n) is 4.82. The van der Waals surface area contributed by atoms with Crippen LogP contribution in [0, 0.1) is 13.8 Å². The van der Waals surface area contributed by atoms with Gasteiger partial charge in [-0.25, -0.2) is 9.97 Å². The maximum Gasteiger partial charge on any atom is 0.256 e. The Bertz CT molecular complexity index is 1210. The van der Waals surface area contributed by atoms with Gasteiger partial charge in [-0.3, -0.25) is 4.79 Å². The molecule has 1 heterocycles. The summed E-state index contributed by atoms with van der Waals surface area (Å²) in [5.41, 5.74) is 5.79. The molecule has 32 heavy (non-hydrogen) atoms. The monoisotopic (exact) mass is 420 g/mol. The molecule has 158 valence electrons. The molecule has 4 rings (SSSR count). The summed E-state index contributed by atoms with van der Waals surface area (Å²) in [6, 6.07) is 28.9. The first-order valence-corrected chi connectivity index (χ1v) is 10.4. The summed E-state index contributed by atoms with van der Waals surface area (Å²) in [5, 5.41) is 6.20. The van der Waals surface area contributed by atoms with E-state index < -0.39 is 0 Å². The van der Waals surface area contributed by atoms with Gasteiger partial charge in [0.1, 0.15) is 0 Å². The van der Waals surface area contributed by atoms with Crippen molar-refractivity contribution >= 4 is 34.9 Å². The van der Waals surface area contributed by atoms with Crippen LogP contribution in [0.3, 0.4) is 0 Å². The minimum Gasteiger partial charge on any atom is -0.324 e. The highest BCUT2D eigenvalue weighted by Crippen LogP contribution is 2.22. The van der Waals surface area contributed by atoms with Gasteiger partial charge in [-0.1, -0.05) is 60.7 Å². The lowest BCUT2D eigenvalue weighted by molar-refractivity contribution is -0.111. The number of hydrogen-bond donors (Lipinski definition) is 2. The summed E-state index contributed by atoms with van der Waals surface area (Å²) in [6.45, 7) is 3.87. The van der Waals surface area contributed by atoms with Gasteiger partial charge < -0.3 is 10.6 Å². The van der Waals surface area contributed by atoms with E-state index in [1.165, 1.54) is 0 Å². The lowest BCUT2D eigenvalue weighted by Crippen LogP contribution is -2.13. The van der Waals surface area contributed by atoms with Crippen molar-refractivity contribution in [3.63, 3.8) is 0 Å². The van der Waals surface area contributed by atoms with Gasteiger partial charge in [0.25, 0.3) is 5.91 Å². The minimum atomic E-state index is -0.168. The average Bonchev–Trinajstić information content (AvgIpc) is 2.79. The molecular weight excluding hydrogens is 396 g/mol. The van der Waals surface area contributed by atoms with Crippen LogP contribution in [0.4, 0.5) is 17.3 Å². The van der Waals surface area contributed by atoms with Crippen LogP contribution < -0.4 is 10.6 Å². The molecule has 0 unspecified atom stereocenters. The van der Waals surface area contributed by atoms with Crippen molar-refractivity contribution in [3.8, 4) is 0 Å². The van der Waals surface area contributed by atoms with E-state index in [0.717, 1.165) is 28.2 Å². The van der Waals surface area contributed by atoms with Crippen LogP contribution in [-0.4, -0.2) is 15.9 Å². The zero-order chi connectivity index (χ0) is 22.3. The highest BCUT2D eigenvalue weighted by molar-refractivity contribution is 6.29. The van der Waals surface area contributed by atoms with Crippen LogP contribution in [0.1, 0.15) is 22.5 Å². The van der Waals surface area contributed by atoms with Crippen molar-refractivity contribution in [1.82, 2.24) is 9.97 Å². The quantitative estimate of drug-likeness (QED) is 0.296. The standard InChI is InChI=1S/C27H24N4O/c1-19-17-20(2)29-27(28-19)31-24-15-13-23(14-16-24)30-26(32)25(22-11-7-4-8-12-22)18-21-9-5-3-6-10-21/h3-18H,1-2H3,(H,30,32)(H,28,29,31)/b25-18-. The van der Waals surface area contributed by atoms with Crippen LogP contribution >= 0.6 is 0 Å². The second kappa shape index (κ2) is 9.71. The van der Waals surface area contributed by atoms with Crippen LogP contribution in [-0.2, 0) is 4.79 Å². The SMILES string of the molecule is Cc1cc(C)nc(Nc2ccc(NC(=O)/C(=C\c3ccccc3)c3ccccc3)cc2)n1. The molecule has 4 aromatic rings. The van der Waals surface area contributed by atoms with Gasteiger partial charge in [-0.2, -0.15) is 0 Å². The smallest absolute Gasteiger partial charge is 0.256 e. The van der Waals surface area contributed by atoms with E-state index in [0.29, 0.717) is 17.2 Å². The number of amides is 1. The van der Waals surface area contributed by atoms with Crippen molar-refractivity contribution in [2.75, 3.05) is 10.6 Å². The van der Waals surface area contributed by atoms with Crippen molar-refractivity contribution in [2.45, 2.75) is 13.8 Å². The number of aromatic nitrogens is 2. The van der Waals surface area contributed by atoms with E-state index in [1.54, 1.807) is 0 Å². The number of anilines is 3. The highest BCUT2D eigenvalue weighted by Gasteiger charge is 2.12. The third kappa shape index (κ3) is 5.46. The van der Waals surface area contributed by atoms with E-state index in [4.69, 9.17) is 0 Å². The fraction of sp³-hybridized carbons (Fsp3) is 0.0741. The number of carbonyl (C=O) groups is 1. The Morgan fingerprint density at radius 2 is 1.31 bits per heavy atom. The lowest BCUT2D eigenvalue weighted by Gasteiger charge is -2.11. The Morgan fingerprint density at radius 1 is 0.750 bits per heavy atom. The Kier molecular flexibility index (Phi) is 6.37. The molecule has 1 aromatic heterocycles. The van der Waals surface area contributed by atoms with Crippen LogP contribution in [0.25, 0.3) is 11.6 Å².